The fourth-order valence-electron chi connectivity index (χ4n) is 7.12. The molecular weight excluding hydrogens is 450 g/mol. The summed E-state index contributed by atoms with van der Waals surface area (Å²) in [6.07, 6.45) is 10.5. The van der Waals surface area contributed by atoms with E-state index in [0.29, 0.717) is 29.9 Å². The molecule has 3 aliphatic carbocycles. The number of carbonyl (C=O) groups is 1. The first-order valence-electron chi connectivity index (χ1n) is 13.2. The van der Waals surface area contributed by atoms with Crippen molar-refractivity contribution in [3.63, 3.8) is 0 Å². The Balaban J connectivity index is 0.853. The average molecular weight is 483 g/mol. The maximum atomic E-state index is 14.0. The van der Waals surface area contributed by atoms with Crippen LogP contribution in [0.25, 0.3) is 0 Å². The summed E-state index contributed by atoms with van der Waals surface area (Å²) in [5, 5.41) is 8.70. The van der Waals surface area contributed by atoms with Crippen molar-refractivity contribution in [2.75, 3.05) is 26.2 Å². The fraction of sp³-hybridized carbons (Fsp3) is 0.692. The van der Waals surface area contributed by atoms with Crippen LogP contribution < -0.4 is 0 Å². The van der Waals surface area contributed by atoms with Gasteiger partial charge in [-0.1, -0.05) is 0 Å². The molecule has 0 aromatic carbocycles. The highest BCUT2D eigenvalue weighted by Crippen LogP contribution is 2.56. The lowest BCUT2D eigenvalue weighted by Gasteiger charge is -2.61. The lowest BCUT2D eigenvalue weighted by Crippen LogP contribution is -2.69. The number of halogens is 2. The minimum atomic E-state index is -0.629. The van der Waals surface area contributed by atoms with E-state index < -0.39 is 11.6 Å². The number of hydrogen-bond acceptors (Lipinski definition) is 4. The Kier molecular flexibility index (Phi) is 4.77. The molecule has 2 saturated heterocycles. The molecule has 9 heteroatoms. The van der Waals surface area contributed by atoms with Crippen molar-refractivity contribution in [2.45, 2.75) is 69.6 Å². The van der Waals surface area contributed by atoms with Gasteiger partial charge in [-0.3, -0.25) is 4.98 Å². The Morgan fingerprint density at radius 1 is 0.943 bits per heavy atom. The number of rotatable bonds is 4. The minimum absolute atomic E-state index is 0.195. The van der Waals surface area contributed by atoms with E-state index in [1.807, 2.05) is 9.80 Å². The second-order valence-corrected chi connectivity index (χ2v) is 12.2. The van der Waals surface area contributed by atoms with Crippen LogP contribution in [0, 0.1) is 28.4 Å². The van der Waals surface area contributed by atoms with E-state index in [2.05, 4.69) is 20.2 Å². The lowest BCUT2D eigenvalue weighted by molar-refractivity contribution is -0.0777. The van der Waals surface area contributed by atoms with Gasteiger partial charge in [0.25, 0.3) is 0 Å². The predicted molar refractivity (Wildman–Crippen MR) is 124 cm³/mol. The molecule has 2 aromatic rings. The highest BCUT2D eigenvalue weighted by Gasteiger charge is 2.57. The number of likely N-dealkylation sites (tertiary alicyclic amines) is 2. The first kappa shape index (κ1) is 21.7. The molecule has 4 heterocycles. The second-order valence-electron chi connectivity index (χ2n) is 12.2. The Hall–Kier alpha value is -2.58. The van der Waals surface area contributed by atoms with Crippen LogP contribution in [0.4, 0.5) is 13.6 Å². The topological polar surface area (TPSA) is 78.0 Å². The van der Waals surface area contributed by atoms with Gasteiger partial charge in [0.15, 0.2) is 0 Å². The highest BCUT2D eigenvalue weighted by molar-refractivity contribution is 5.76. The molecule has 2 amide bonds. The largest absolute Gasteiger partial charge is 0.328 e. The number of nitrogens with zero attached hydrogens (tertiary/aromatic N) is 5. The van der Waals surface area contributed by atoms with Crippen molar-refractivity contribution in [3.05, 3.63) is 41.2 Å². The number of nitrogens with one attached hydrogen (secondary N) is 1. The molecule has 0 radical (unpaired) electrons. The van der Waals surface area contributed by atoms with E-state index in [-0.39, 0.29) is 16.9 Å². The van der Waals surface area contributed by atoms with Crippen molar-refractivity contribution in [1.29, 1.82) is 0 Å². The Labute approximate surface area is 203 Å². The van der Waals surface area contributed by atoms with Gasteiger partial charge in [-0.2, -0.15) is 0 Å². The van der Waals surface area contributed by atoms with Crippen LogP contribution >= 0.6 is 0 Å². The maximum absolute atomic E-state index is 14.0. The van der Waals surface area contributed by atoms with Crippen LogP contribution in [-0.2, 0) is 6.42 Å². The van der Waals surface area contributed by atoms with Crippen LogP contribution in [0.15, 0.2) is 12.3 Å². The first-order valence-corrected chi connectivity index (χ1v) is 13.2. The number of hydrogen-bond donors (Lipinski definition) is 1. The molecule has 0 unspecified atom stereocenters. The van der Waals surface area contributed by atoms with Gasteiger partial charge in [-0.15, -0.1) is 10.2 Å². The van der Waals surface area contributed by atoms with E-state index in [1.165, 1.54) is 12.8 Å². The van der Waals surface area contributed by atoms with Gasteiger partial charge in [0.1, 0.15) is 23.3 Å². The zero-order valence-electron chi connectivity index (χ0n) is 20.0. The predicted octanol–water partition coefficient (Wildman–Crippen LogP) is 4.39. The van der Waals surface area contributed by atoms with Crippen LogP contribution in [-0.4, -0.2) is 62.2 Å². The minimum Gasteiger partial charge on any atom is -0.328 e. The van der Waals surface area contributed by atoms with Crippen molar-refractivity contribution in [3.8, 4) is 0 Å². The lowest BCUT2D eigenvalue weighted by atomic mass is 9.57. The molecule has 5 fully saturated rings. The third kappa shape index (κ3) is 3.82. The summed E-state index contributed by atoms with van der Waals surface area (Å²) < 4.78 is 27.1. The van der Waals surface area contributed by atoms with Gasteiger partial charge < -0.3 is 14.8 Å². The van der Waals surface area contributed by atoms with Crippen molar-refractivity contribution in [2.24, 2.45) is 16.7 Å². The van der Waals surface area contributed by atoms with E-state index in [1.54, 1.807) is 0 Å². The Bertz CT molecular complexity index is 1130. The molecule has 7 nitrogen and oxygen atoms in total. The van der Waals surface area contributed by atoms with Crippen LogP contribution in [0.3, 0.4) is 0 Å². The number of pyridine rings is 1. The molecular formula is C26H32F2N6O. The normalized spacial score (nSPS) is 25.4. The molecule has 35 heavy (non-hydrogen) atoms. The molecule has 1 N–H and O–H groups in total. The molecule has 0 bridgehead atoms. The van der Waals surface area contributed by atoms with Gasteiger partial charge in [-0.05, 0) is 63.7 Å². The second kappa shape index (κ2) is 7.71. The van der Waals surface area contributed by atoms with Crippen molar-refractivity contribution < 1.29 is 13.6 Å². The van der Waals surface area contributed by atoms with Crippen LogP contribution in [0.5, 0.6) is 0 Å². The smallest absolute Gasteiger partial charge is 0.320 e. The van der Waals surface area contributed by atoms with E-state index in [9.17, 15) is 13.6 Å². The highest BCUT2D eigenvalue weighted by atomic mass is 19.1. The number of amides is 2. The molecule has 3 saturated carbocycles. The maximum Gasteiger partial charge on any atom is 0.320 e. The number of H-pyrrole nitrogens is 1. The number of aromatic amines is 1. The van der Waals surface area contributed by atoms with Gasteiger partial charge >= 0.3 is 6.03 Å². The van der Waals surface area contributed by atoms with E-state index in [4.69, 9.17) is 0 Å². The quantitative estimate of drug-likeness (QED) is 0.701. The Morgan fingerprint density at radius 2 is 1.57 bits per heavy atom. The average Bonchev–Trinajstić information content (AvgIpc) is 3.50. The molecule has 186 valence electrons. The molecule has 2 aliphatic heterocycles. The number of carbonyl (C=O) groups excluding carboxylic acids is 1. The van der Waals surface area contributed by atoms with Crippen molar-refractivity contribution >= 4 is 6.03 Å². The Morgan fingerprint density at radius 3 is 2.20 bits per heavy atom. The summed E-state index contributed by atoms with van der Waals surface area (Å²) in [6, 6.07) is 1.12. The third-order valence-corrected chi connectivity index (χ3v) is 9.41. The fourth-order valence-corrected chi connectivity index (χ4v) is 7.12. The SMILES string of the molecule is O=C(N1CC2(CCC(Cc3ncc(F)cc3F)CC2)C1)N1CC2(CC(c3nnc(C4CC4)[nH]3)C2)C1. The number of urea groups is 1. The van der Waals surface area contributed by atoms with E-state index in [0.717, 1.165) is 88.6 Å². The molecule has 2 spiro atoms. The summed E-state index contributed by atoms with van der Waals surface area (Å²) in [5.74, 6) is 2.38. The van der Waals surface area contributed by atoms with E-state index >= 15 is 0 Å². The zero-order chi connectivity index (χ0) is 23.8. The monoisotopic (exact) mass is 482 g/mol. The summed E-state index contributed by atoms with van der Waals surface area (Å²) in [4.78, 5) is 24.4. The molecule has 5 aliphatic rings. The van der Waals surface area contributed by atoms with Crippen LogP contribution in [0.1, 0.15) is 80.5 Å². The van der Waals surface area contributed by atoms with Crippen LogP contribution in [0.2, 0.25) is 0 Å². The molecule has 2 aromatic heterocycles. The van der Waals surface area contributed by atoms with Crippen molar-refractivity contribution in [1.82, 2.24) is 30.0 Å². The standard InChI is InChI=1S/C26H32F2N6O/c27-19-8-20(28)21(29-11-19)7-16-3-5-25(6-4-16)12-33(13-25)24(35)34-14-26(15-34)9-18(10-26)23-30-22(31-32-23)17-1-2-17/h8,11,16-18H,1-7,9-10,12-15H2,(H,30,31,32). The van der Waals surface area contributed by atoms with Gasteiger partial charge in [0.2, 0.25) is 0 Å². The molecule has 7 rings (SSSR count). The van der Waals surface area contributed by atoms with Gasteiger partial charge in [-0.25, -0.2) is 13.6 Å². The number of aromatic nitrogens is 4. The zero-order valence-corrected chi connectivity index (χ0v) is 20.0. The van der Waals surface area contributed by atoms with Gasteiger partial charge in [0.05, 0.1) is 11.9 Å². The van der Waals surface area contributed by atoms with Gasteiger partial charge in [0, 0.05) is 54.9 Å². The first-order chi connectivity index (χ1) is 16.9. The molecule has 0 atom stereocenters. The summed E-state index contributed by atoms with van der Waals surface area (Å²) in [6.45, 7) is 3.42. The summed E-state index contributed by atoms with van der Waals surface area (Å²) in [7, 11) is 0. The third-order valence-electron chi connectivity index (χ3n) is 9.41. The summed E-state index contributed by atoms with van der Waals surface area (Å²) >= 11 is 0. The summed E-state index contributed by atoms with van der Waals surface area (Å²) in [5.41, 5.74) is 0.891.